The fraction of sp³-hybridized carbons (Fsp3) is 0.821. The minimum atomic E-state index is -1.26. The number of aliphatic hydroxyl groups is 2. The molecule has 0 saturated carbocycles. The first-order valence-electron chi connectivity index (χ1n) is 14.8. The monoisotopic (exact) mass is 575 g/mol. The lowest BCUT2D eigenvalue weighted by atomic mass is 9.83. The number of nitrogens with one attached hydrogen (secondary N) is 2. The number of carbonyl (C=O) groups is 3. The molecule has 1 aromatic heterocycles. The molecule has 5 rings (SSSR count). The van der Waals surface area contributed by atoms with Crippen molar-refractivity contribution in [3.8, 4) is 0 Å². The van der Waals surface area contributed by atoms with Crippen LogP contribution >= 0.6 is 0 Å². The lowest BCUT2D eigenvalue weighted by Crippen LogP contribution is -2.59. The molecule has 0 aromatic carbocycles. The predicted molar refractivity (Wildman–Crippen MR) is 148 cm³/mol. The number of nitrogens with zero attached hydrogens (tertiary/aromatic N) is 5. The van der Waals surface area contributed by atoms with E-state index in [1.165, 1.54) is 0 Å². The van der Waals surface area contributed by atoms with Gasteiger partial charge in [-0.05, 0) is 26.7 Å². The Balaban J connectivity index is 1.44. The van der Waals surface area contributed by atoms with Crippen LogP contribution in [0.4, 0.5) is 0 Å². The maximum atomic E-state index is 14.0. The lowest BCUT2D eigenvalue weighted by molar-refractivity contribution is -0.141. The van der Waals surface area contributed by atoms with Crippen molar-refractivity contribution in [2.75, 3.05) is 26.2 Å². The first kappa shape index (κ1) is 29.9. The number of amides is 3. The van der Waals surface area contributed by atoms with Crippen LogP contribution in [0.3, 0.4) is 0 Å². The van der Waals surface area contributed by atoms with Crippen LogP contribution < -0.4 is 10.6 Å². The number of aromatic nitrogens is 3. The number of fused-ring (bicyclic) bond motifs is 3. The highest BCUT2D eigenvalue weighted by molar-refractivity contribution is 5.89. The molecule has 4 fully saturated rings. The van der Waals surface area contributed by atoms with E-state index in [-0.39, 0.29) is 55.1 Å². The first-order chi connectivity index (χ1) is 19.3. The zero-order valence-corrected chi connectivity index (χ0v) is 24.7. The van der Waals surface area contributed by atoms with E-state index in [9.17, 15) is 24.6 Å². The fourth-order valence-electron chi connectivity index (χ4n) is 6.55. The Morgan fingerprint density at radius 3 is 2.41 bits per heavy atom. The molecular weight excluding hydrogens is 530 g/mol. The molecule has 4 saturated heterocycles. The van der Waals surface area contributed by atoms with Gasteiger partial charge in [0.25, 0.3) is 0 Å². The molecule has 1 spiro atoms. The highest BCUT2D eigenvalue weighted by Crippen LogP contribution is 2.34. The van der Waals surface area contributed by atoms with Gasteiger partial charge in [-0.1, -0.05) is 26.0 Å². The van der Waals surface area contributed by atoms with Crippen molar-refractivity contribution in [3.05, 3.63) is 11.9 Å². The summed E-state index contributed by atoms with van der Waals surface area (Å²) in [5.41, 5.74) is -0.174. The topological polar surface area (TPSA) is 162 Å². The average molecular weight is 576 g/mol. The molecule has 4 aliphatic heterocycles. The van der Waals surface area contributed by atoms with E-state index in [4.69, 9.17) is 4.74 Å². The summed E-state index contributed by atoms with van der Waals surface area (Å²) in [6.45, 7) is 12.1. The number of carbonyl (C=O) groups excluding carboxylic acids is 3. The number of hydrogen-bond donors (Lipinski definition) is 4. The Kier molecular flexibility index (Phi) is 8.18. The molecule has 2 bridgehead atoms. The number of piperidine rings is 1. The van der Waals surface area contributed by atoms with E-state index in [0.29, 0.717) is 25.3 Å². The number of ether oxygens (including phenoxy) is 1. The number of aliphatic hydroxyl groups excluding tert-OH is 2. The van der Waals surface area contributed by atoms with Crippen molar-refractivity contribution < 1.29 is 29.3 Å². The van der Waals surface area contributed by atoms with Gasteiger partial charge >= 0.3 is 0 Å². The largest absolute Gasteiger partial charge is 0.388 e. The number of hydrogen-bond acceptors (Lipinski definition) is 9. The van der Waals surface area contributed by atoms with Gasteiger partial charge in [0.15, 0.2) is 0 Å². The summed E-state index contributed by atoms with van der Waals surface area (Å²) in [5.74, 6) is -0.879. The Bertz CT molecular complexity index is 1140. The second kappa shape index (κ2) is 11.2. The van der Waals surface area contributed by atoms with Gasteiger partial charge in [-0.3, -0.25) is 14.4 Å². The van der Waals surface area contributed by atoms with Crippen molar-refractivity contribution in [2.45, 2.75) is 120 Å². The van der Waals surface area contributed by atoms with Crippen molar-refractivity contribution >= 4 is 17.7 Å². The van der Waals surface area contributed by atoms with Crippen LogP contribution in [0.1, 0.15) is 78.5 Å². The Morgan fingerprint density at radius 2 is 1.78 bits per heavy atom. The standard InChI is InChI=1S/C28H45N7O6/c1-16(2)33-8-6-28(7-9-33)12-23(37)34-14-17(35-15-21(31-32-35)27(3,4)5)10-18(34)26(40)29-13-20-25(39)24(38)19(41-20)11-22(36)30-28/h15-20,24-25,38-39H,6-14H2,1-5H3,(H,29,40)(H,30,36)/t17-,18-,19-,20+,24?,25?/m0/s1. The minimum Gasteiger partial charge on any atom is -0.388 e. The average Bonchev–Trinajstić information content (AvgIpc) is 3.62. The molecule has 4 aliphatic rings. The van der Waals surface area contributed by atoms with Crippen molar-refractivity contribution in [1.29, 1.82) is 0 Å². The van der Waals surface area contributed by atoms with Crippen molar-refractivity contribution in [3.63, 3.8) is 0 Å². The van der Waals surface area contributed by atoms with E-state index < -0.39 is 36.0 Å². The molecule has 5 heterocycles. The quantitative estimate of drug-likeness (QED) is 0.363. The van der Waals surface area contributed by atoms with Gasteiger partial charge in [0.2, 0.25) is 17.7 Å². The van der Waals surface area contributed by atoms with Gasteiger partial charge in [0.1, 0.15) is 24.4 Å². The van der Waals surface area contributed by atoms with Crippen molar-refractivity contribution in [2.24, 2.45) is 0 Å². The Hall–Kier alpha value is -2.61. The van der Waals surface area contributed by atoms with E-state index in [1.807, 2.05) is 27.0 Å². The van der Waals surface area contributed by atoms with E-state index in [0.717, 1.165) is 18.8 Å². The zero-order chi connectivity index (χ0) is 29.7. The maximum absolute atomic E-state index is 14.0. The third-order valence-electron chi connectivity index (χ3n) is 9.26. The van der Waals surface area contributed by atoms with Crippen LogP contribution in [-0.4, -0.2) is 121 Å². The number of likely N-dealkylation sites (tertiary alicyclic amines) is 1. The molecule has 13 heteroatoms. The van der Waals surface area contributed by atoms with Gasteiger partial charge < -0.3 is 35.4 Å². The third-order valence-corrected chi connectivity index (χ3v) is 9.26. The highest BCUT2D eigenvalue weighted by Gasteiger charge is 2.48. The molecule has 228 valence electrons. The highest BCUT2D eigenvalue weighted by atomic mass is 16.5. The SMILES string of the molecule is CC(C)N1CCC2(CC1)CC(=O)N1C[C@@H](n3cc(C(C)(C)C)nn3)C[C@H]1C(=O)NC[C@H]1O[C@@H](CC(=O)N2)C(O)C1O. The molecule has 2 unspecified atom stereocenters. The summed E-state index contributed by atoms with van der Waals surface area (Å²) < 4.78 is 7.59. The second-order valence-corrected chi connectivity index (χ2v) is 13.6. The first-order valence-corrected chi connectivity index (χ1v) is 14.8. The summed E-state index contributed by atoms with van der Waals surface area (Å²) in [6.07, 6.45) is -0.990. The summed E-state index contributed by atoms with van der Waals surface area (Å²) in [6, 6.07) is -0.673. The van der Waals surface area contributed by atoms with Gasteiger partial charge in [-0.25, -0.2) is 4.68 Å². The van der Waals surface area contributed by atoms with E-state index in [1.54, 1.807) is 9.58 Å². The molecule has 1 aromatic rings. The maximum Gasteiger partial charge on any atom is 0.242 e. The Labute approximate surface area is 240 Å². The van der Waals surface area contributed by atoms with E-state index >= 15 is 0 Å². The third kappa shape index (κ3) is 6.13. The normalized spacial score (nSPS) is 33.6. The molecule has 4 N–H and O–H groups in total. The second-order valence-electron chi connectivity index (χ2n) is 13.6. The predicted octanol–water partition coefficient (Wildman–Crippen LogP) is -0.524. The molecular formula is C28H45N7O6. The fourth-order valence-corrected chi connectivity index (χ4v) is 6.55. The van der Waals surface area contributed by atoms with Crippen LogP contribution in [0.25, 0.3) is 0 Å². The molecule has 0 aliphatic carbocycles. The van der Waals surface area contributed by atoms with Crippen LogP contribution in [0.15, 0.2) is 6.20 Å². The van der Waals surface area contributed by atoms with E-state index in [2.05, 4.69) is 39.7 Å². The van der Waals surface area contributed by atoms with Gasteiger partial charge in [-0.2, -0.15) is 0 Å². The van der Waals surface area contributed by atoms with Gasteiger partial charge in [0.05, 0.1) is 36.2 Å². The summed E-state index contributed by atoms with van der Waals surface area (Å²) in [7, 11) is 0. The molecule has 6 atom stereocenters. The smallest absolute Gasteiger partial charge is 0.242 e. The summed E-state index contributed by atoms with van der Waals surface area (Å²) >= 11 is 0. The van der Waals surface area contributed by atoms with Crippen LogP contribution in [0.5, 0.6) is 0 Å². The Morgan fingerprint density at radius 1 is 1.10 bits per heavy atom. The van der Waals surface area contributed by atoms with Gasteiger partial charge in [0, 0.05) is 50.3 Å². The zero-order valence-electron chi connectivity index (χ0n) is 24.7. The van der Waals surface area contributed by atoms with Crippen LogP contribution in [-0.2, 0) is 24.5 Å². The summed E-state index contributed by atoms with van der Waals surface area (Å²) in [4.78, 5) is 44.8. The van der Waals surface area contributed by atoms with Gasteiger partial charge in [-0.15, -0.1) is 5.10 Å². The van der Waals surface area contributed by atoms with Crippen molar-refractivity contribution in [1.82, 2.24) is 35.4 Å². The number of rotatable bonds is 2. The molecule has 3 amide bonds. The van der Waals surface area contributed by atoms with Crippen LogP contribution in [0, 0.1) is 0 Å². The lowest BCUT2D eigenvalue weighted by Gasteiger charge is -2.44. The summed E-state index contributed by atoms with van der Waals surface area (Å²) in [5, 5.41) is 35.8. The minimum absolute atomic E-state index is 0.0507. The molecule has 41 heavy (non-hydrogen) atoms. The van der Waals surface area contributed by atoms with Crippen LogP contribution in [0.2, 0.25) is 0 Å². The molecule has 13 nitrogen and oxygen atoms in total. The molecule has 0 radical (unpaired) electrons.